The number of carboxylic acid groups (broad SMARTS) is 1. The minimum Gasteiger partial charge on any atom is -0.478 e. The number of halogens is 2. The van der Waals surface area contributed by atoms with E-state index < -0.39 is 5.97 Å². The van der Waals surface area contributed by atoms with Crippen LogP contribution in [0.2, 0.25) is 0 Å². The van der Waals surface area contributed by atoms with Crippen LogP contribution >= 0.6 is 31.9 Å². The highest BCUT2D eigenvalue weighted by Crippen LogP contribution is 2.25. The summed E-state index contributed by atoms with van der Waals surface area (Å²) in [6, 6.07) is 0. The number of alkyl halides is 2. The predicted molar refractivity (Wildman–Crippen MR) is 94.0 cm³/mol. The van der Waals surface area contributed by atoms with Gasteiger partial charge < -0.3 is 5.11 Å². The summed E-state index contributed by atoms with van der Waals surface area (Å²) in [4.78, 5) is 11.7. The molecule has 0 radical (unpaired) electrons. The van der Waals surface area contributed by atoms with Gasteiger partial charge in [-0.1, -0.05) is 83.9 Å². The topological polar surface area (TPSA) is 37.3 Å². The summed E-state index contributed by atoms with van der Waals surface area (Å²) in [6.45, 7) is 5.78. The molecule has 0 heterocycles. The third-order valence-electron chi connectivity index (χ3n) is 3.49. The molecule has 0 amide bonds. The summed E-state index contributed by atoms with van der Waals surface area (Å²) in [6.07, 6.45) is 11.3. The van der Waals surface area contributed by atoms with E-state index in [-0.39, 0.29) is 0 Å². The lowest BCUT2D eigenvalue weighted by Crippen LogP contribution is -2.13. The molecule has 20 heavy (non-hydrogen) atoms. The Morgan fingerprint density at radius 3 is 2.00 bits per heavy atom. The standard InChI is InChI=1S/C16H28Br2O2/c1-3-4-7-11-14(17)15(18)12-9-6-5-8-10-13(2)16(19)20/h14-15H,2-12H2,1H3,(H,19,20). The Kier molecular flexibility index (Phi) is 13.0. The van der Waals surface area contributed by atoms with E-state index in [2.05, 4.69) is 45.4 Å². The first-order chi connectivity index (χ1) is 9.49. The Bertz CT molecular complexity index is 280. The first-order valence-corrected chi connectivity index (χ1v) is 9.51. The smallest absolute Gasteiger partial charge is 0.330 e. The molecule has 0 aromatic heterocycles. The van der Waals surface area contributed by atoms with Crippen LogP contribution in [-0.2, 0) is 4.79 Å². The summed E-state index contributed by atoms with van der Waals surface area (Å²) in [5, 5.41) is 8.70. The monoisotopic (exact) mass is 410 g/mol. The zero-order chi connectivity index (χ0) is 15.4. The van der Waals surface area contributed by atoms with E-state index in [1.165, 1.54) is 44.9 Å². The van der Waals surface area contributed by atoms with Crippen LogP contribution in [0.15, 0.2) is 12.2 Å². The number of hydrogen-bond donors (Lipinski definition) is 1. The molecule has 0 saturated heterocycles. The molecule has 0 spiro atoms. The minimum atomic E-state index is -0.861. The summed E-state index contributed by atoms with van der Waals surface area (Å²) in [7, 11) is 0. The summed E-state index contributed by atoms with van der Waals surface area (Å²) in [5.74, 6) is -0.861. The maximum absolute atomic E-state index is 10.6. The molecule has 0 fully saturated rings. The number of carboxylic acids is 1. The molecule has 0 bridgehead atoms. The van der Waals surface area contributed by atoms with Crippen LogP contribution in [0.3, 0.4) is 0 Å². The van der Waals surface area contributed by atoms with Crippen molar-refractivity contribution in [3.05, 3.63) is 12.2 Å². The lowest BCUT2D eigenvalue weighted by Gasteiger charge is -2.16. The Morgan fingerprint density at radius 2 is 1.50 bits per heavy atom. The molecule has 0 aliphatic rings. The van der Waals surface area contributed by atoms with Crippen LogP contribution in [0.5, 0.6) is 0 Å². The minimum absolute atomic E-state index is 0.333. The van der Waals surface area contributed by atoms with Gasteiger partial charge in [-0.25, -0.2) is 4.79 Å². The van der Waals surface area contributed by atoms with Crippen molar-refractivity contribution in [3.8, 4) is 0 Å². The van der Waals surface area contributed by atoms with Crippen LogP contribution in [0.4, 0.5) is 0 Å². The van der Waals surface area contributed by atoms with Crippen LogP contribution in [0.1, 0.15) is 71.1 Å². The number of rotatable bonds is 13. The van der Waals surface area contributed by atoms with Crippen molar-refractivity contribution in [2.75, 3.05) is 0 Å². The zero-order valence-corrected chi connectivity index (χ0v) is 15.7. The van der Waals surface area contributed by atoms with Crippen LogP contribution in [0, 0.1) is 0 Å². The Balaban J connectivity index is 3.49. The largest absolute Gasteiger partial charge is 0.478 e. The fourth-order valence-corrected chi connectivity index (χ4v) is 3.27. The van der Waals surface area contributed by atoms with Gasteiger partial charge in [0.05, 0.1) is 0 Å². The second kappa shape index (κ2) is 12.9. The van der Waals surface area contributed by atoms with Crippen molar-refractivity contribution in [2.24, 2.45) is 0 Å². The summed E-state index contributed by atoms with van der Waals surface area (Å²) >= 11 is 7.54. The van der Waals surface area contributed by atoms with Gasteiger partial charge in [0.1, 0.15) is 0 Å². The normalized spacial score (nSPS) is 13.9. The SMILES string of the molecule is C=C(CCCCCCC(Br)C(Br)CCCCC)C(=O)O. The van der Waals surface area contributed by atoms with Crippen LogP contribution in [0.25, 0.3) is 0 Å². The Hall–Kier alpha value is 0.170. The number of hydrogen-bond acceptors (Lipinski definition) is 1. The number of unbranched alkanes of at least 4 members (excludes halogenated alkanes) is 5. The molecule has 1 N–H and O–H groups in total. The molecular weight excluding hydrogens is 384 g/mol. The Morgan fingerprint density at radius 1 is 1.00 bits per heavy atom. The van der Waals surface area contributed by atoms with Gasteiger partial charge in [-0.15, -0.1) is 0 Å². The average molecular weight is 412 g/mol. The van der Waals surface area contributed by atoms with Crippen molar-refractivity contribution in [3.63, 3.8) is 0 Å². The van der Waals surface area contributed by atoms with Crippen molar-refractivity contribution in [1.29, 1.82) is 0 Å². The van der Waals surface area contributed by atoms with Gasteiger partial charge in [0.2, 0.25) is 0 Å². The van der Waals surface area contributed by atoms with Crippen molar-refractivity contribution in [1.82, 2.24) is 0 Å². The summed E-state index contributed by atoms with van der Waals surface area (Å²) in [5.41, 5.74) is 0.333. The van der Waals surface area contributed by atoms with Gasteiger partial charge in [-0.05, 0) is 25.7 Å². The molecule has 0 aromatic carbocycles. The fourth-order valence-electron chi connectivity index (χ4n) is 2.09. The third-order valence-corrected chi connectivity index (χ3v) is 6.39. The lowest BCUT2D eigenvalue weighted by atomic mass is 10.0. The molecule has 0 aliphatic heterocycles. The van der Waals surface area contributed by atoms with E-state index in [0.717, 1.165) is 12.8 Å². The summed E-state index contributed by atoms with van der Waals surface area (Å²) < 4.78 is 0. The fraction of sp³-hybridized carbons (Fsp3) is 0.812. The number of carbonyl (C=O) groups is 1. The second-order valence-corrected chi connectivity index (χ2v) is 7.74. The van der Waals surface area contributed by atoms with Gasteiger partial charge in [-0.3, -0.25) is 0 Å². The Labute approximate surface area is 140 Å². The first-order valence-electron chi connectivity index (χ1n) is 7.68. The quantitative estimate of drug-likeness (QED) is 0.226. The molecule has 2 nitrogen and oxygen atoms in total. The predicted octanol–water partition coefficient (Wildman–Crippen LogP) is 6.08. The zero-order valence-electron chi connectivity index (χ0n) is 12.5. The number of aliphatic carboxylic acids is 1. The van der Waals surface area contributed by atoms with E-state index in [1.54, 1.807) is 0 Å². The van der Waals surface area contributed by atoms with E-state index in [4.69, 9.17) is 5.11 Å². The lowest BCUT2D eigenvalue weighted by molar-refractivity contribution is -0.132. The van der Waals surface area contributed by atoms with Gasteiger partial charge >= 0.3 is 5.97 Å². The van der Waals surface area contributed by atoms with E-state index >= 15 is 0 Å². The molecule has 4 heteroatoms. The van der Waals surface area contributed by atoms with Gasteiger partial charge in [0, 0.05) is 15.2 Å². The molecule has 2 unspecified atom stereocenters. The maximum Gasteiger partial charge on any atom is 0.330 e. The van der Waals surface area contributed by atoms with E-state index in [0.29, 0.717) is 21.6 Å². The highest BCUT2D eigenvalue weighted by molar-refractivity contribution is 9.12. The van der Waals surface area contributed by atoms with Crippen LogP contribution in [-0.4, -0.2) is 20.7 Å². The molecule has 2 atom stereocenters. The molecular formula is C16H28Br2O2. The van der Waals surface area contributed by atoms with Crippen molar-refractivity contribution < 1.29 is 9.90 Å². The molecule has 0 saturated carbocycles. The van der Waals surface area contributed by atoms with Crippen molar-refractivity contribution >= 4 is 37.8 Å². The first kappa shape index (κ1) is 20.2. The second-order valence-electron chi connectivity index (χ2n) is 5.39. The molecule has 0 aliphatic carbocycles. The third kappa shape index (κ3) is 10.9. The molecule has 0 aromatic rings. The van der Waals surface area contributed by atoms with E-state index in [1.807, 2.05) is 0 Å². The average Bonchev–Trinajstić information content (AvgIpc) is 2.41. The van der Waals surface area contributed by atoms with E-state index in [9.17, 15) is 4.79 Å². The van der Waals surface area contributed by atoms with Gasteiger partial charge in [-0.2, -0.15) is 0 Å². The molecule has 118 valence electrons. The highest BCUT2D eigenvalue weighted by atomic mass is 79.9. The van der Waals surface area contributed by atoms with Gasteiger partial charge in [0.25, 0.3) is 0 Å². The van der Waals surface area contributed by atoms with Crippen LogP contribution < -0.4 is 0 Å². The maximum atomic E-state index is 10.6. The molecule has 0 rings (SSSR count). The highest BCUT2D eigenvalue weighted by Gasteiger charge is 2.14. The van der Waals surface area contributed by atoms with Gasteiger partial charge in [0.15, 0.2) is 0 Å². The van der Waals surface area contributed by atoms with Crippen molar-refractivity contribution in [2.45, 2.75) is 80.8 Å².